The fourth-order valence-electron chi connectivity index (χ4n) is 1.97. The fourth-order valence-corrected chi connectivity index (χ4v) is 1.97. The zero-order chi connectivity index (χ0) is 7.35. The van der Waals surface area contributed by atoms with E-state index in [4.69, 9.17) is 4.74 Å². The molecule has 1 saturated heterocycles. The van der Waals surface area contributed by atoms with Crippen LogP contribution >= 0.6 is 0 Å². The van der Waals surface area contributed by atoms with E-state index in [2.05, 4.69) is 13.8 Å². The molecule has 0 spiro atoms. The van der Waals surface area contributed by atoms with Crippen LogP contribution in [0.5, 0.6) is 0 Å². The fraction of sp³-hybridized carbons (Fsp3) is 1.00. The molecular formula is C8H14O2. The van der Waals surface area contributed by atoms with Crippen LogP contribution in [-0.4, -0.2) is 23.4 Å². The third-order valence-corrected chi connectivity index (χ3v) is 2.52. The molecule has 0 amide bonds. The molecule has 2 rings (SSSR count). The summed E-state index contributed by atoms with van der Waals surface area (Å²) in [4.78, 5) is 0. The standard InChI is InChI=1S/C8H14O2/c1-8(2)3-5(9)7-6(4-8)10-7/h5-7,9H,3-4H2,1-2H3/t5-,6-,7+/m0/s1. The summed E-state index contributed by atoms with van der Waals surface area (Å²) in [6.45, 7) is 4.38. The third-order valence-electron chi connectivity index (χ3n) is 2.52. The van der Waals surface area contributed by atoms with Crippen LogP contribution in [0.25, 0.3) is 0 Å². The van der Waals surface area contributed by atoms with Gasteiger partial charge in [0.25, 0.3) is 0 Å². The monoisotopic (exact) mass is 142 g/mol. The van der Waals surface area contributed by atoms with Gasteiger partial charge in [-0.25, -0.2) is 0 Å². The van der Waals surface area contributed by atoms with E-state index >= 15 is 0 Å². The number of aliphatic hydroxyl groups excluding tert-OH is 1. The van der Waals surface area contributed by atoms with Gasteiger partial charge in [0.1, 0.15) is 6.10 Å². The van der Waals surface area contributed by atoms with Crippen molar-refractivity contribution in [1.82, 2.24) is 0 Å². The first-order valence-electron chi connectivity index (χ1n) is 3.92. The molecule has 1 heterocycles. The van der Waals surface area contributed by atoms with Crippen LogP contribution in [-0.2, 0) is 4.74 Å². The average molecular weight is 142 g/mol. The maximum absolute atomic E-state index is 9.43. The predicted octanol–water partition coefficient (Wildman–Crippen LogP) is 0.935. The summed E-state index contributed by atoms with van der Waals surface area (Å²) >= 11 is 0. The molecule has 0 unspecified atom stereocenters. The molecule has 2 fully saturated rings. The van der Waals surface area contributed by atoms with Gasteiger partial charge in [0.15, 0.2) is 0 Å². The molecule has 58 valence electrons. The molecule has 1 aliphatic heterocycles. The maximum Gasteiger partial charge on any atom is 0.110 e. The second-order valence-electron chi connectivity index (χ2n) is 4.28. The highest BCUT2D eigenvalue weighted by molar-refractivity contribution is 5.00. The maximum atomic E-state index is 9.43. The van der Waals surface area contributed by atoms with Gasteiger partial charge in [0.2, 0.25) is 0 Å². The largest absolute Gasteiger partial charge is 0.390 e. The molecule has 0 radical (unpaired) electrons. The molecule has 0 aromatic rings. The van der Waals surface area contributed by atoms with Crippen molar-refractivity contribution in [2.75, 3.05) is 0 Å². The van der Waals surface area contributed by atoms with Gasteiger partial charge in [-0.3, -0.25) is 0 Å². The normalized spacial score (nSPS) is 50.1. The highest BCUT2D eigenvalue weighted by atomic mass is 16.6. The average Bonchev–Trinajstić information content (AvgIpc) is 2.40. The minimum Gasteiger partial charge on any atom is -0.390 e. The Morgan fingerprint density at radius 3 is 2.70 bits per heavy atom. The molecule has 1 N–H and O–H groups in total. The summed E-state index contributed by atoms with van der Waals surface area (Å²) in [5, 5.41) is 9.43. The lowest BCUT2D eigenvalue weighted by Crippen LogP contribution is -2.32. The molecule has 10 heavy (non-hydrogen) atoms. The van der Waals surface area contributed by atoms with E-state index in [0.29, 0.717) is 6.10 Å². The lowest BCUT2D eigenvalue weighted by Gasteiger charge is -2.29. The number of hydrogen-bond donors (Lipinski definition) is 1. The van der Waals surface area contributed by atoms with Crippen LogP contribution in [0.1, 0.15) is 26.7 Å². The summed E-state index contributed by atoms with van der Waals surface area (Å²) < 4.78 is 5.28. The quantitative estimate of drug-likeness (QED) is 0.510. The lowest BCUT2D eigenvalue weighted by molar-refractivity contribution is 0.0785. The van der Waals surface area contributed by atoms with E-state index in [-0.39, 0.29) is 17.6 Å². The van der Waals surface area contributed by atoms with Crippen LogP contribution < -0.4 is 0 Å². The van der Waals surface area contributed by atoms with Gasteiger partial charge in [-0.1, -0.05) is 13.8 Å². The number of ether oxygens (including phenoxy) is 1. The summed E-state index contributed by atoms with van der Waals surface area (Å²) in [7, 11) is 0. The van der Waals surface area contributed by atoms with Crippen LogP contribution in [0.2, 0.25) is 0 Å². The van der Waals surface area contributed by atoms with Gasteiger partial charge >= 0.3 is 0 Å². The Morgan fingerprint density at radius 1 is 1.40 bits per heavy atom. The third kappa shape index (κ3) is 0.956. The van der Waals surface area contributed by atoms with Crippen molar-refractivity contribution < 1.29 is 9.84 Å². The van der Waals surface area contributed by atoms with Crippen molar-refractivity contribution in [3.63, 3.8) is 0 Å². The Kier molecular flexibility index (Phi) is 1.15. The summed E-state index contributed by atoms with van der Waals surface area (Å²) in [5.74, 6) is 0. The minimum atomic E-state index is -0.200. The lowest BCUT2D eigenvalue weighted by atomic mass is 9.76. The van der Waals surface area contributed by atoms with Crippen LogP contribution in [0.3, 0.4) is 0 Å². The predicted molar refractivity (Wildman–Crippen MR) is 37.7 cm³/mol. The number of hydrogen-bond acceptors (Lipinski definition) is 2. The van der Waals surface area contributed by atoms with Crippen molar-refractivity contribution in [3.05, 3.63) is 0 Å². The summed E-state index contributed by atoms with van der Waals surface area (Å²) in [5.41, 5.74) is 0.289. The first kappa shape index (κ1) is 6.62. The first-order valence-corrected chi connectivity index (χ1v) is 3.92. The van der Waals surface area contributed by atoms with E-state index in [1.165, 1.54) is 0 Å². The van der Waals surface area contributed by atoms with Gasteiger partial charge in [0.05, 0.1) is 12.2 Å². The van der Waals surface area contributed by atoms with Crippen LogP contribution in [0, 0.1) is 5.41 Å². The Labute approximate surface area is 61.2 Å². The summed E-state index contributed by atoms with van der Waals surface area (Å²) in [6.07, 6.45) is 2.38. The zero-order valence-corrected chi connectivity index (χ0v) is 6.50. The zero-order valence-electron chi connectivity index (χ0n) is 6.50. The topological polar surface area (TPSA) is 32.8 Å². The molecule has 0 bridgehead atoms. The second kappa shape index (κ2) is 1.74. The number of fused-ring (bicyclic) bond motifs is 1. The Hall–Kier alpha value is -0.0800. The molecule has 2 nitrogen and oxygen atoms in total. The van der Waals surface area contributed by atoms with E-state index < -0.39 is 0 Å². The molecule has 1 aliphatic carbocycles. The van der Waals surface area contributed by atoms with Gasteiger partial charge in [-0.2, -0.15) is 0 Å². The molecule has 0 aromatic carbocycles. The van der Waals surface area contributed by atoms with Crippen molar-refractivity contribution in [2.24, 2.45) is 5.41 Å². The van der Waals surface area contributed by atoms with Gasteiger partial charge in [-0.05, 0) is 18.3 Å². The van der Waals surface area contributed by atoms with Crippen LogP contribution in [0.4, 0.5) is 0 Å². The van der Waals surface area contributed by atoms with E-state index in [1.54, 1.807) is 0 Å². The van der Waals surface area contributed by atoms with Gasteiger partial charge < -0.3 is 9.84 Å². The Bertz CT molecular complexity index is 153. The molecule has 2 aliphatic rings. The van der Waals surface area contributed by atoms with Crippen molar-refractivity contribution >= 4 is 0 Å². The van der Waals surface area contributed by atoms with E-state index in [0.717, 1.165) is 12.8 Å². The van der Waals surface area contributed by atoms with Crippen molar-refractivity contribution in [1.29, 1.82) is 0 Å². The Morgan fingerprint density at radius 2 is 2.10 bits per heavy atom. The molecule has 2 heteroatoms. The molecule has 0 aromatic heterocycles. The molecular weight excluding hydrogens is 128 g/mol. The van der Waals surface area contributed by atoms with Gasteiger partial charge in [-0.15, -0.1) is 0 Å². The number of rotatable bonds is 0. The van der Waals surface area contributed by atoms with Crippen LogP contribution in [0.15, 0.2) is 0 Å². The minimum absolute atomic E-state index is 0.188. The molecule has 1 saturated carbocycles. The van der Waals surface area contributed by atoms with Gasteiger partial charge in [0, 0.05) is 0 Å². The highest BCUT2D eigenvalue weighted by Crippen LogP contribution is 2.45. The smallest absolute Gasteiger partial charge is 0.110 e. The van der Waals surface area contributed by atoms with Crippen molar-refractivity contribution in [3.8, 4) is 0 Å². The highest BCUT2D eigenvalue weighted by Gasteiger charge is 2.52. The number of aliphatic hydroxyl groups is 1. The van der Waals surface area contributed by atoms with E-state index in [9.17, 15) is 5.11 Å². The first-order chi connectivity index (χ1) is 4.58. The SMILES string of the molecule is CC1(C)C[C@@H]2O[C@@H]2[C@@H](O)C1. The summed E-state index contributed by atoms with van der Waals surface area (Å²) in [6, 6.07) is 0. The van der Waals surface area contributed by atoms with Crippen molar-refractivity contribution in [2.45, 2.75) is 45.0 Å². The second-order valence-corrected chi connectivity index (χ2v) is 4.28. The van der Waals surface area contributed by atoms with E-state index in [1.807, 2.05) is 0 Å². The number of epoxide rings is 1. The Balaban J connectivity index is 2.06. The molecule has 3 atom stereocenters.